The number of esters is 1. The number of nitrogens with one attached hydrogen (secondary N) is 1. The molecule has 5 heteroatoms. The van der Waals surface area contributed by atoms with Crippen LogP contribution >= 0.6 is 0 Å². The van der Waals surface area contributed by atoms with Crippen LogP contribution in [0.5, 0.6) is 0 Å². The molecule has 0 bridgehead atoms. The molecule has 0 amide bonds. The van der Waals surface area contributed by atoms with Gasteiger partial charge < -0.3 is 19.5 Å². The molecule has 2 fully saturated rings. The molecule has 0 aromatic carbocycles. The quantitative estimate of drug-likeness (QED) is 0.680. The van der Waals surface area contributed by atoms with E-state index in [1.54, 1.807) is 6.92 Å². The van der Waals surface area contributed by atoms with Crippen molar-refractivity contribution in [3.63, 3.8) is 0 Å². The predicted octanol–water partition coefficient (Wildman–Crippen LogP) is 0.0871. The molecular formula is C11H19NO4. The first-order valence-electron chi connectivity index (χ1n) is 5.89. The van der Waals surface area contributed by atoms with E-state index >= 15 is 0 Å². The Hall–Kier alpha value is -0.650. The lowest BCUT2D eigenvalue weighted by Crippen LogP contribution is -2.55. The summed E-state index contributed by atoms with van der Waals surface area (Å²) in [6.07, 6.45) is 1.23. The molecule has 1 N–H and O–H groups in total. The predicted molar refractivity (Wildman–Crippen MR) is 57.2 cm³/mol. The molecule has 2 heterocycles. The van der Waals surface area contributed by atoms with Gasteiger partial charge in [0.25, 0.3) is 0 Å². The molecule has 16 heavy (non-hydrogen) atoms. The van der Waals surface area contributed by atoms with Gasteiger partial charge in [-0.05, 0) is 32.9 Å². The van der Waals surface area contributed by atoms with Gasteiger partial charge >= 0.3 is 5.97 Å². The maximum Gasteiger partial charge on any atom is 0.337 e. The molecule has 92 valence electrons. The summed E-state index contributed by atoms with van der Waals surface area (Å²) < 4.78 is 16.3. The molecule has 0 saturated carbocycles. The summed E-state index contributed by atoms with van der Waals surface area (Å²) in [5, 5.41) is 3.27. The van der Waals surface area contributed by atoms with E-state index in [1.165, 1.54) is 0 Å². The standard InChI is InChI=1S/C11H19NO4/c1-2-15-10(13)9-7-14-8-11(16-9)3-5-12-6-4-11/h9,12H,2-8H2,1H3. The fourth-order valence-electron chi connectivity index (χ4n) is 2.22. The molecule has 0 aromatic heterocycles. The summed E-state index contributed by atoms with van der Waals surface area (Å²) in [5.74, 6) is -0.305. The number of carbonyl (C=O) groups is 1. The minimum Gasteiger partial charge on any atom is -0.464 e. The number of rotatable bonds is 2. The monoisotopic (exact) mass is 229 g/mol. The van der Waals surface area contributed by atoms with Crippen LogP contribution in [0.1, 0.15) is 19.8 Å². The zero-order valence-corrected chi connectivity index (χ0v) is 9.66. The molecule has 1 atom stereocenters. The third-order valence-electron chi connectivity index (χ3n) is 3.09. The minimum atomic E-state index is -0.549. The summed E-state index contributed by atoms with van der Waals surface area (Å²) in [6.45, 7) is 4.91. The summed E-state index contributed by atoms with van der Waals surface area (Å²) >= 11 is 0. The van der Waals surface area contributed by atoms with Crippen molar-refractivity contribution in [2.75, 3.05) is 32.9 Å². The van der Waals surface area contributed by atoms with Gasteiger partial charge in [-0.25, -0.2) is 4.79 Å². The van der Waals surface area contributed by atoms with Gasteiger partial charge in [0.15, 0.2) is 6.10 Å². The SMILES string of the molecule is CCOC(=O)C1COCC2(CCNCC2)O1. The van der Waals surface area contributed by atoms with E-state index in [0.29, 0.717) is 19.8 Å². The van der Waals surface area contributed by atoms with Crippen LogP contribution in [-0.4, -0.2) is 50.6 Å². The highest BCUT2D eigenvalue weighted by atomic mass is 16.6. The Bertz CT molecular complexity index is 245. The summed E-state index contributed by atoms with van der Waals surface area (Å²) in [7, 11) is 0. The topological polar surface area (TPSA) is 56.8 Å². The van der Waals surface area contributed by atoms with Gasteiger partial charge in [-0.15, -0.1) is 0 Å². The van der Waals surface area contributed by atoms with Gasteiger partial charge in [0, 0.05) is 0 Å². The van der Waals surface area contributed by atoms with Crippen molar-refractivity contribution < 1.29 is 19.0 Å². The first-order chi connectivity index (χ1) is 7.76. The van der Waals surface area contributed by atoms with Gasteiger partial charge in [-0.3, -0.25) is 0 Å². The molecule has 0 radical (unpaired) electrons. The van der Waals surface area contributed by atoms with E-state index in [2.05, 4.69) is 5.32 Å². The summed E-state index contributed by atoms with van der Waals surface area (Å²) in [4.78, 5) is 11.6. The first kappa shape index (κ1) is 11.8. The third kappa shape index (κ3) is 2.53. The van der Waals surface area contributed by atoms with Gasteiger partial charge in [0.05, 0.1) is 25.4 Å². The molecule has 5 nitrogen and oxygen atoms in total. The molecule has 2 saturated heterocycles. The Morgan fingerprint density at radius 2 is 2.25 bits per heavy atom. The Kier molecular flexibility index (Phi) is 3.78. The van der Waals surface area contributed by atoms with Gasteiger partial charge in [-0.1, -0.05) is 0 Å². The normalized spacial score (nSPS) is 28.9. The number of hydrogen-bond acceptors (Lipinski definition) is 5. The Labute approximate surface area is 95.4 Å². The lowest BCUT2D eigenvalue weighted by atomic mass is 9.92. The van der Waals surface area contributed by atoms with Crippen molar-refractivity contribution in [3.8, 4) is 0 Å². The zero-order valence-electron chi connectivity index (χ0n) is 9.66. The lowest BCUT2D eigenvalue weighted by Gasteiger charge is -2.42. The van der Waals surface area contributed by atoms with E-state index in [9.17, 15) is 4.79 Å². The molecular weight excluding hydrogens is 210 g/mol. The van der Waals surface area contributed by atoms with Crippen LogP contribution in [0.4, 0.5) is 0 Å². The van der Waals surface area contributed by atoms with Crippen molar-refractivity contribution in [1.82, 2.24) is 5.32 Å². The first-order valence-corrected chi connectivity index (χ1v) is 5.89. The molecule has 1 spiro atoms. The smallest absolute Gasteiger partial charge is 0.337 e. The maximum atomic E-state index is 11.6. The van der Waals surface area contributed by atoms with E-state index in [1.807, 2.05) is 0 Å². The van der Waals surface area contributed by atoms with Crippen LogP contribution in [0.15, 0.2) is 0 Å². The second-order valence-corrected chi connectivity index (χ2v) is 4.31. The molecule has 2 aliphatic rings. The fraction of sp³-hybridized carbons (Fsp3) is 0.909. The van der Waals surface area contributed by atoms with Crippen LogP contribution in [0.3, 0.4) is 0 Å². The molecule has 2 rings (SSSR count). The fourth-order valence-corrected chi connectivity index (χ4v) is 2.22. The molecule has 0 aromatic rings. The largest absolute Gasteiger partial charge is 0.464 e. The van der Waals surface area contributed by atoms with Gasteiger partial charge in [0.1, 0.15) is 0 Å². The van der Waals surface area contributed by atoms with E-state index in [0.717, 1.165) is 25.9 Å². The number of hydrogen-bond donors (Lipinski definition) is 1. The average molecular weight is 229 g/mol. The minimum absolute atomic E-state index is 0.277. The van der Waals surface area contributed by atoms with E-state index in [-0.39, 0.29) is 11.6 Å². The number of carbonyl (C=O) groups excluding carboxylic acids is 1. The van der Waals surface area contributed by atoms with Crippen LogP contribution in [-0.2, 0) is 19.0 Å². The Morgan fingerprint density at radius 1 is 1.50 bits per heavy atom. The van der Waals surface area contributed by atoms with Crippen molar-refractivity contribution in [1.29, 1.82) is 0 Å². The number of ether oxygens (including phenoxy) is 3. The van der Waals surface area contributed by atoms with E-state index < -0.39 is 6.10 Å². The average Bonchev–Trinajstić information content (AvgIpc) is 2.30. The Balaban J connectivity index is 1.94. The molecule has 0 aliphatic carbocycles. The highest BCUT2D eigenvalue weighted by Gasteiger charge is 2.41. The second kappa shape index (κ2) is 5.12. The maximum absolute atomic E-state index is 11.6. The van der Waals surface area contributed by atoms with E-state index in [4.69, 9.17) is 14.2 Å². The molecule has 1 unspecified atom stereocenters. The van der Waals surface area contributed by atoms with Crippen molar-refractivity contribution >= 4 is 5.97 Å². The Morgan fingerprint density at radius 3 is 2.94 bits per heavy atom. The van der Waals surface area contributed by atoms with Crippen LogP contribution in [0.25, 0.3) is 0 Å². The van der Waals surface area contributed by atoms with Crippen LogP contribution < -0.4 is 5.32 Å². The lowest BCUT2D eigenvalue weighted by molar-refractivity contribution is -0.220. The van der Waals surface area contributed by atoms with Gasteiger partial charge in [-0.2, -0.15) is 0 Å². The second-order valence-electron chi connectivity index (χ2n) is 4.31. The third-order valence-corrected chi connectivity index (χ3v) is 3.09. The van der Waals surface area contributed by atoms with Crippen molar-refractivity contribution in [2.24, 2.45) is 0 Å². The zero-order chi connectivity index (χ0) is 11.4. The highest BCUT2D eigenvalue weighted by molar-refractivity contribution is 5.75. The van der Waals surface area contributed by atoms with Gasteiger partial charge in [0.2, 0.25) is 0 Å². The summed E-state index contributed by atoms with van der Waals surface area (Å²) in [5.41, 5.74) is -0.277. The number of piperidine rings is 1. The highest BCUT2D eigenvalue weighted by Crippen LogP contribution is 2.29. The van der Waals surface area contributed by atoms with Crippen LogP contribution in [0.2, 0.25) is 0 Å². The van der Waals surface area contributed by atoms with Crippen molar-refractivity contribution in [2.45, 2.75) is 31.5 Å². The summed E-state index contributed by atoms with van der Waals surface area (Å²) in [6, 6.07) is 0. The van der Waals surface area contributed by atoms with Crippen LogP contribution in [0, 0.1) is 0 Å². The molecule has 2 aliphatic heterocycles. The van der Waals surface area contributed by atoms with Crippen molar-refractivity contribution in [3.05, 3.63) is 0 Å².